The van der Waals surface area contributed by atoms with Gasteiger partial charge in [0.25, 0.3) is 0 Å². The smallest absolute Gasteiger partial charge is 0.228 e. The number of methoxy groups -OCH3 is 1. The summed E-state index contributed by atoms with van der Waals surface area (Å²) in [5.74, 6) is 1.25. The number of nitrogens with one attached hydrogen (secondary N) is 1. The Morgan fingerprint density at radius 1 is 1.31 bits per heavy atom. The van der Waals surface area contributed by atoms with E-state index >= 15 is 0 Å². The summed E-state index contributed by atoms with van der Waals surface area (Å²) in [5, 5.41) is 27.2. The molecule has 4 rings (SSSR count). The average molecular weight is 453 g/mol. The van der Waals surface area contributed by atoms with E-state index in [1.54, 1.807) is 19.5 Å². The van der Waals surface area contributed by atoms with Crippen molar-refractivity contribution in [1.29, 1.82) is 5.26 Å². The summed E-state index contributed by atoms with van der Waals surface area (Å²) in [6.07, 6.45) is 5.92. The molecule has 1 aliphatic carbocycles. The number of aryl methyl sites for hydroxylation is 1. The lowest BCUT2D eigenvalue weighted by atomic mass is 9.83. The van der Waals surface area contributed by atoms with Crippen molar-refractivity contribution in [2.24, 2.45) is 0 Å². The number of benzene rings is 1. The molecule has 0 saturated carbocycles. The monoisotopic (exact) mass is 452 g/mol. The van der Waals surface area contributed by atoms with Gasteiger partial charge in [-0.3, -0.25) is 0 Å². The lowest BCUT2D eigenvalue weighted by Gasteiger charge is -2.23. The molecule has 168 valence electrons. The van der Waals surface area contributed by atoms with Gasteiger partial charge in [0.1, 0.15) is 5.82 Å². The maximum Gasteiger partial charge on any atom is 0.228 e. The molecule has 1 aromatic carbocycles. The van der Waals surface area contributed by atoms with Crippen LogP contribution in [0.4, 0.5) is 11.8 Å². The van der Waals surface area contributed by atoms with Crippen LogP contribution in [0.25, 0.3) is 11.3 Å². The lowest BCUT2D eigenvalue weighted by molar-refractivity contribution is 0.189. The molecular weight excluding hydrogens is 424 g/mol. The molecule has 1 atom stereocenters. The van der Waals surface area contributed by atoms with Crippen LogP contribution in [0.3, 0.4) is 0 Å². The van der Waals surface area contributed by atoms with Crippen molar-refractivity contribution in [3.05, 3.63) is 53.3 Å². The minimum Gasteiger partial charge on any atom is -0.395 e. The standard InChI is InChI=1S/C23H26N6O2.H2S/c1-23(15-30)7-4-18-17(14-24)12-16(13-19(18)23)20-5-8-25-22(27-20)28-21-6-9-26-29(21)10-3-11-31-2;/h5-6,8-9,12-13,30H,3-4,7,10-11,15H2,1-2H3,(H,25,27,28);1H2/t23-;/m0./s1. The molecular formula is C23H28N6O2S. The van der Waals surface area contributed by atoms with Crippen LogP contribution in [0.5, 0.6) is 0 Å². The number of rotatable bonds is 8. The fourth-order valence-electron chi connectivity index (χ4n) is 4.10. The van der Waals surface area contributed by atoms with Crippen molar-refractivity contribution >= 4 is 25.3 Å². The predicted molar refractivity (Wildman–Crippen MR) is 127 cm³/mol. The lowest BCUT2D eigenvalue weighted by Crippen LogP contribution is -2.23. The molecule has 0 aliphatic heterocycles. The molecule has 0 unspecified atom stereocenters. The average Bonchev–Trinajstić information content (AvgIpc) is 3.38. The number of hydrogen-bond donors (Lipinski definition) is 2. The Balaban J connectivity index is 0.00000289. The summed E-state index contributed by atoms with van der Waals surface area (Å²) in [6.45, 7) is 3.48. The van der Waals surface area contributed by atoms with Crippen LogP contribution in [0.2, 0.25) is 0 Å². The van der Waals surface area contributed by atoms with Crippen molar-refractivity contribution in [3.8, 4) is 17.3 Å². The van der Waals surface area contributed by atoms with Crippen molar-refractivity contribution in [1.82, 2.24) is 19.7 Å². The Bertz CT molecular complexity index is 1130. The molecule has 0 amide bonds. The molecule has 2 N–H and O–H groups in total. The van der Waals surface area contributed by atoms with Gasteiger partial charge in [-0.1, -0.05) is 6.92 Å². The van der Waals surface area contributed by atoms with Gasteiger partial charge in [-0.2, -0.15) is 23.9 Å². The highest BCUT2D eigenvalue weighted by atomic mass is 32.1. The Kier molecular flexibility index (Phi) is 7.51. The summed E-state index contributed by atoms with van der Waals surface area (Å²) in [4.78, 5) is 9.01. The SMILES string of the molecule is COCCCn1nccc1Nc1nccc(-c2cc(C#N)c3c(c2)[C@](C)(CO)CC3)n1.S. The van der Waals surface area contributed by atoms with E-state index in [0.29, 0.717) is 18.1 Å². The summed E-state index contributed by atoms with van der Waals surface area (Å²) in [6, 6.07) is 9.96. The second-order valence-corrected chi connectivity index (χ2v) is 8.06. The first-order chi connectivity index (χ1) is 15.1. The zero-order valence-electron chi connectivity index (χ0n) is 18.3. The molecule has 32 heavy (non-hydrogen) atoms. The fraction of sp³-hybridized carbons (Fsp3) is 0.391. The molecule has 9 heteroatoms. The van der Waals surface area contributed by atoms with Gasteiger partial charge in [0, 0.05) is 43.5 Å². The van der Waals surface area contributed by atoms with Crippen LogP contribution in [0.15, 0.2) is 36.7 Å². The maximum absolute atomic E-state index is 9.95. The number of hydrogen-bond acceptors (Lipinski definition) is 7. The van der Waals surface area contributed by atoms with Crippen molar-refractivity contribution in [3.63, 3.8) is 0 Å². The highest BCUT2D eigenvalue weighted by Crippen LogP contribution is 2.42. The zero-order chi connectivity index (χ0) is 21.8. The Morgan fingerprint density at radius 2 is 2.16 bits per heavy atom. The molecule has 0 radical (unpaired) electrons. The van der Waals surface area contributed by atoms with Crippen molar-refractivity contribution in [2.75, 3.05) is 25.6 Å². The molecule has 0 saturated heterocycles. The van der Waals surface area contributed by atoms with Crippen molar-refractivity contribution in [2.45, 2.75) is 38.1 Å². The molecule has 0 fully saturated rings. The predicted octanol–water partition coefficient (Wildman–Crippen LogP) is 3.30. The van der Waals surface area contributed by atoms with E-state index in [1.165, 1.54) is 0 Å². The number of fused-ring (bicyclic) bond motifs is 1. The molecule has 2 aromatic heterocycles. The second-order valence-electron chi connectivity index (χ2n) is 8.06. The first-order valence-corrected chi connectivity index (χ1v) is 10.4. The number of anilines is 2. The van der Waals surface area contributed by atoms with E-state index in [2.05, 4.69) is 32.5 Å². The van der Waals surface area contributed by atoms with Crippen LogP contribution >= 0.6 is 13.5 Å². The van der Waals surface area contributed by atoms with Crippen LogP contribution in [0.1, 0.15) is 36.5 Å². The third kappa shape index (κ3) is 4.63. The minimum atomic E-state index is -0.334. The van der Waals surface area contributed by atoms with Crippen molar-refractivity contribution < 1.29 is 9.84 Å². The van der Waals surface area contributed by atoms with Gasteiger partial charge in [-0.15, -0.1) is 0 Å². The number of aromatic nitrogens is 4. The fourth-order valence-corrected chi connectivity index (χ4v) is 4.10. The van der Waals surface area contributed by atoms with E-state index in [0.717, 1.165) is 54.0 Å². The highest BCUT2D eigenvalue weighted by molar-refractivity contribution is 7.59. The van der Waals surface area contributed by atoms with Gasteiger partial charge in [0.05, 0.1) is 30.1 Å². The normalized spacial score (nSPS) is 16.8. The molecule has 2 heterocycles. The van der Waals surface area contributed by atoms with Crippen LogP contribution in [0, 0.1) is 11.3 Å². The Labute approximate surface area is 194 Å². The molecule has 1 aliphatic rings. The Hall–Kier alpha value is -2.93. The molecule has 0 bridgehead atoms. The second kappa shape index (κ2) is 10.1. The largest absolute Gasteiger partial charge is 0.395 e. The van der Waals surface area contributed by atoms with Crippen LogP contribution in [-0.2, 0) is 23.1 Å². The maximum atomic E-state index is 9.95. The quantitative estimate of drug-likeness (QED) is 0.505. The number of aliphatic hydroxyl groups is 1. The van der Waals surface area contributed by atoms with Crippen LogP contribution < -0.4 is 5.32 Å². The van der Waals surface area contributed by atoms with E-state index in [9.17, 15) is 10.4 Å². The number of nitrogens with zero attached hydrogens (tertiary/aromatic N) is 5. The van der Waals surface area contributed by atoms with E-state index in [4.69, 9.17) is 4.74 Å². The molecule has 8 nitrogen and oxygen atoms in total. The molecule has 0 spiro atoms. The highest BCUT2D eigenvalue weighted by Gasteiger charge is 2.35. The van der Waals surface area contributed by atoms with E-state index in [-0.39, 0.29) is 25.5 Å². The summed E-state index contributed by atoms with van der Waals surface area (Å²) >= 11 is 0. The third-order valence-electron chi connectivity index (χ3n) is 5.92. The summed E-state index contributed by atoms with van der Waals surface area (Å²) in [5.41, 5.74) is 3.95. The number of nitriles is 1. The summed E-state index contributed by atoms with van der Waals surface area (Å²) in [7, 11) is 1.68. The first-order valence-electron chi connectivity index (χ1n) is 10.4. The first kappa shape index (κ1) is 23.7. The Morgan fingerprint density at radius 3 is 2.91 bits per heavy atom. The van der Waals surface area contributed by atoms with Gasteiger partial charge in [-0.05, 0) is 48.6 Å². The third-order valence-corrected chi connectivity index (χ3v) is 5.92. The van der Waals surface area contributed by atoms with Crippen LogP contribution in [-0.4, -0.2) is 45.2 Å². The zero-order valence-corrected chi connectivity index (χ0v) is 19.3. The van der Waals surface area contributed by atoms with Gasteiger partial charge >= 0.3 is 0 Å². The van der Waals surface area contributed by atoms with Gasteiger partial charge in [-0.25, -0.2) is 14.6 Å². The van der Waals surface area contributed by atoms with Gasteiger partial charge in [0.2, 0.25) is 5.95 Å². The number of ether oxygens (including phenoxy) is 1. The van der Waals surface area contributed by atoms with E-state index in [1.807, 2.05) is 29.8 Å². The topological polar surface area (TPSA) is 109 Å². The van der Waals surface area contributed by atoms with Gasteiger partial charge < -0.3 is 15.2 Å². The molecule has 3 aromatic rings. The summed E-state index contributed by atoms with van der Waals surface area (Å²) < 4.78 is 6.96. The minimum absolute atomic E-state index is 0. The van der Waals surface area contributed by atoms with E-state index < -0.39 is 0 Å². The number of aliphatic hydroxyl groups excluding tert-OH is 1. The van der Waals surface area contributed by atoms with Gasteiger partial charge in [0.15, 0.2) is 0 Å².